The fourth-order valence-corrected chi connectivity index (χ4v) is 4.37. The van der Waals surface area contributed by atoms with Crippen LogP contribution in [-0.2, 0) is 33.8 Å². The Labute approximate surface area is 200 Å². The van der Waals surface area contributed by atoms with Crippen LogP contribution >= 0.6 is 0 Å². The molecule has 6 nitrogen and oxygen atoms in total. The summed E-state index contributed by atoms with van der Waals surface area (Å²) in [7, 11) is 3.12. The summed E-state index contributed by atoms with van der Waals surface area (Å²) >= 11 is 0. The molecule has 0 saturated carbocycles. The molecule has 1 unspecified atom stereocenters. The Morgan fingerprint density at radius 2 is 1.41 bits per heavy atom. The zero-order valence-corrected chi connectivity index (χ0v) is 19.9. The van der Waals surface area contributed by atoms with E-state index in [9.17, 15) is 9.59 Å². The molecule has 1 aliphatic rings. The molecular formula is C28H30N2O4. The number of piperazine rings is 1. The van der Waals surface area contributed by atoms with Gasteiger partial charge in [0.05, 0.1) is 7.11 Å². The van der Waals surface area contributed by atoms with Gasteiger partial charge in [0.1, 0.15) is 12.3 Å². The molecular weight excluding hydrogens is 428 g/mol. The van der Waals surface area contributed by atoms with Crippen molar-refractivity contribution in [3.8, 4) is 5.75 Å². The molecule has 1 atom stereocenters. The van der Waals surface area contributed by atoms with Gasteiger partial charge < -0.3 is 19.3 Å². The first-order chi connectivity index (χ1) is 16.4. The van der Waals surface area contributed by atoms with E-state index >= 15 is 0 Å². The molecule has 1 fully saturated rings. The molecule has 3 aromatic rings. The van der Waals surface area contributed by atoms with Gasteiger partial charge in [-0.3, -0.25) is 9.59 Å². The van der Waals surface area contributed by atoms with Crippen LogP contribution in [0.1, 0.15) is 22.3 Å². The average Bonchev–Trinajstić information content (AvgIpc) is 2.87. The van der Waals surface area contributed by atoms with Gasteiger partial charge in [-0.2, -0.15) is 0 Å². The first-order valence-electron chi connectivity index (χ1n) is 11.3. The molecule has 0 N–H and O–H groups in total. The van der Waals surface area contributed by atoms with Crippen LogP contribution in [0, 0.1) is 6.92 Å². The molecule has 0 radical (unpaired) electrons. The third-order valence-electron chi connectivity index (χ3n) is 6.30. The van der Waals surface area contributed by atoms with Crippen molar-refractivity contribution < 1.29 is 19.1 Å². The van der Waals surface area contributed by atoms with E-state index in [0.717, 1.165) is 28.0 Å². The molecule has 1 heterocycles. The quantitative estimate of drug-likeness (QED) is 0.513. The number of carbonyl (C=O) groups excluding carboxylic acids is 2. The van der Waals surface area contributed by atoms with Gasteiger partial charge in [-0.15, -0.1) is 0 Å². The van der Waals surface area contributed by atoms with Crippen LogP contribution in [0.5, 0.6) is 5.75 Å². The maximum atomic E-state index is 14.0. The summed E-state index contributed by atoms with van der Waals surface area (Å²) < 4.78 is 11.2. The lowest BCUT2D eigenvalue weighted by atomic mass is 9.94. The first-order valence-corrected chi connectivity index (χ1v) is 11.3. The molecule has 1 aliphatic heterocycles. The summed E-state index contributed by atoms with van der Waals surface area (Å²) in [5, 5.41) is 0. The van der Waals surface area contributed by atoms with Crippen LogP contribution < -0.4 is 4.74 Å². The Balaban J connectivity index is 1.69. The number of hydrogen-bond donors (Lipinski definition) is 0. The molecule has 176 valence electrons. The van der Waals surface area contributed by atoms with Gasteiger partial charge in [-0.25, -0.2) is 0 Å². The molecule has 0 aromatic heterocycles. The normalized spacial score (nSPS) is 18.3. The number of hydrogen-bond acceptors (Lipinski definition) is 4. The third kappa shape index (κ3) is 4.82. The topological polar surface area (TPSA) is 59.1 Å². The summed E-state index contributed by atoms with van der Waals surface area (Å²) in [4.78, 5) is 30.7. The van der Waals surface area contributed by atoms with Gasteiger partial charge in [0.2, 0.25) is 11.6 Å². The maximum Gasteiger partial charge on any atom is 0.277 e. The van der Waals surface area contributed by atoms with Crippen LogP contribution in [0.4, 0.5) is 0 Å². The number of aryl methyl sites for hydroxylation is 1. The molecule has 1 saturated heterocycles. The third-order valence-corrected chi connectivity index (χ3v) is 6.30. The zero-order valence-electron chi connectivity index (χ0n) is 19.9. The van der Waals surface area contributed by atoms with Crippen molar-refractivity contribution >= 4 is 11.8 Å². The second-order valence-electron chi connectivity index (χ2n) is 8.63. The van der Waals surface area contributed by atoms with Crippen LogP contribution in [0.15, 0.2) is 78.9 Å². The van der Waals surface area contributed by atoms with Crippen molar-refractivity contribution in [2.24, 2.45) is 0 Å². The number of benzene rings is 3. The van der Waals surface area contributed by atoms with E-state index in [2.05, 4.69) is 0 Å². The number of carbonyl (C=O) groups is 2. The van der Waals surface area contributed by atoms with Crippen LogP contribution in [0.2, 0.25) is 0 Å². The van der Waals surface area contributed by atoms with Gasteiger partial charge in [-0.05, 0) is 35.7 Å². The van der Waals surface area contributed by atoms with Crippen molar-refractivity contribution in [1.82, 2.24) is 9.80 Å². The van der Waals surface area contributed by atoms with E-state index in [-0.39, 0.29) is 24.8 Å². The fourth-order valence-electron chi connectivity index (χ4n) is 4.37. The highest BCUT2D eigenvalue weighted by Crippen LogP contribution is 2.32. The smallest absolute Gasteiger partial charge is 0.277 e. The summed E-state index contributed by atoms with van der Waals surface area (Å²) in [6, 6.07) is 25.2. The number of nitrogens with zero attached hydrogens (tertiary/aromatic N) is 2. The van der Waals surface area contributed by atoms with E-state index in [4.69, 9.17) is 9.47 Å². The fraction of sp³-hybridized carbons (Fsp3) is 0.286. The van der Waals surface area contributed by atoms with E-state index in [1.807, 2.05) is 85.8 Å². The molecule has 2 amide bonds. The van der Waals surface area contributed by atoms with Crippen molar-refractivity contribution in [3.05, 3.63) is 101 Å². The Morgan fingerprint density at radius 1 is 0.794 bits per heavy atom. The Morgan fingerprint density at radius 3 is 2.03 bits per heavy atom. The number of amides is 2. The van der Waals surface area contributed by atoms with Gasteiger partial charge in [0.25, 0.3) is 5.91 Å². The molecule has 0 aliphatic carbocycles. The van der Waals surface area contributed by atoms with Gasteiger partial charge in [-0.1, -0.05) is 72.3 Å². The van der Waals surface area contributed by atoms with Crippen molar-refractivity contribution in [1.29, 1.82) is 0 Å². The van der Waals surface area contributed by atoms with E-state index in [1.165, 1.54) is 7.11 Å². The van der Waals surface area contributed by atoms with Gasteiger partial charge >= 0.3 is 0 Å². The zero-order chi connectivity index (χ0) is 24.1. The average molecular weight is 459 g/mol. The van der Waals surface area contributed by atoms with Crippen molar-refractivity contribution in [2.75, 3.05) is 20.8 Å². The van der Waals surface area contributed by atoms with Crippen LogP contribution in [0.25, 0.3) is 0 Å². The van der Waals surface area contributed by atoms with E-state index < -0.39 is 5.72 Å². The second-order valence-corrected chi connectivity index (χ2v) is 8.63. The van der Waals surface area contributed by atoms with Crippen LogP contribution in [0.3, 0.4) is 0 Å². The lowest BCUT2D eigenvalue weighted by Gasteiger charge is -2.48. The van der Waals surface area contributed by atoms with Gasteiger partial charge in [0.15, 0.2) is 0 Å². The Kier molecular flexibility index (Phi) is 6.98. The highest BCUT2D eigenvalue weighted by atomic mass is 16.5. The number of rotatable bonds is 8. The molecule has 6 heteroatoms. The molecule has 3 aromatic carbocycles. The molecule has 4 rings (SSSR count). The predicted molar refractivity (Wildman–Crippen MR) is 130 cm³/mol. The second kappa shape index (κ2) is 10.1. The highest BCUT2D eigenvalue weighted by molar-refractivity contribution is 5.97. The minimum Gasteiger partial charge on any atom is -0.497 e. The monoisotopic (exact) mass is 458 g/mol. The molecule has 0 spiro atoms. The SMILES string of the molecule is COc1ccc(CN2CC(=O)N(Cc3ccccc3)C(Cc3ccc(C)cc3)(OC)C2=O)cc1. The Hall–Kier alpha value is -3.64. The van der Waals surface area contributed by atoms with E-state index in [1.54, 1.807) is 16.9 Å². The maximum absolute atomic E-state index is 14.0. The summed E-state index contributed by atoms with van der Waals surface area (Å²) in [6.45, 7) is 2.62. The molecule has 34 heavy (non-hydrogen) atoms. The van der Waals surface area contributed by atoms with E-state index in [0.29, 0.717) is 13.1 Å². The minimum absolute atomic E-state index is 0.00327. The lowest BCUT2D eigenvalue weighted by Crippen LogP contribution is -2.69. The molecule has 0 bridgehead atoms. The number of ether oxygens (including phenoxy) is 2. The predicted octanol–water partition coefficient (Wildman–Crippen LogP) is 3.96. The number of methoxy groups -OCH3 is 2. The Bertz CT molecular complexity index is 1130. The largest absolute Gasteiger partial charge is 0.497 e. The van der Waals surface area contributed by atoms with Crippen molar-refractivity contribution in [3.63, 3.8) is 0 Å². The highest BCUT2D eigenvalue weighted by Gasteiger charge is 2.53. The van der Waals surface area contributed by atoms with Crippen molar-refractivity contribution in [2.45, 2.75) is 32.2 Å². The summed E-state index contributed by atoms with van der Waals surface area (Å²) in [5.41, 5.74) is 2.48. The lowest BCUT2D eigenvalue weighted by molar-refractivity contribution is -0.203. The minimum atomic E-state index is -1.44. The standard InChI is InChI=1S/C28H30N2O4/c1-21-9-11-22(12-10-21)17-28(34-3)27(32)29(18-24-13-15-25(33-2)16-14-24)20-26(31)30(28)19-23-7-5-4-6-8-23/h4-16H,17-20H2,1-3H3. The summed E-state index contributed by atoms with van der Waals surface area (Å²) in [6.07, 6.45) is 0.264. The van der Waals surface area contributed by atoms with Crippen LogP contribution in [-0.4, -0.2) is 48.1 Å². The first kappa shape index (κ1) is 23.5. The van der Waals surface area contributed by atoms with Gasteiger partial charge in [0, 0.05) is 26.6 Å². The summed E-state index contributed by atoms with van der Waals surface area (Å²) in [5.74, 6) is 0.372.